The summed E-state index contributed by atoms with van der Waals surface area (Å²) in [5.74, 6) is 0.687. The third-order valence-electron chi connectivity index (χ3n) is 5.51. The minimum absolute atomic E-state index is 0.0182. The number of methoxy groups -OCH3 is 1. The second-order valence-corrected chi connectivity index (χ2v) is 9.35. The van der Waals surface area contributed by atoms with E-state index in [-0.39, 0.29) is 27.9 Å². The number of ketones is 1. The quantitative estimate of drug-likeness (QED) is 0.256. The standard InChI is InChI=1S/C28H20O6S/c1-32-22-11-14-24(15-12-22)35(30,31)34-23-13-16-25-26(18-23)33-27(28(25)29)17-19-7-9-21(10-8-19)20-5-3-2-4-6-20/h2-18H,1H3/b27-17-. The molecule has 0 aromatic heterocycles. The normalized spacial score (nSPS) is 13.9. The van der Waals surface area contributed by atoms with Gasteiger partial charge in [0, 0.05) is 6.07 Å². The van der Waals surface area contributed by atoms with E-state index in [1.54, 1.807) is 6.08 Å². The number of rotatable bonds is 6. The molecule has 4 aromatic rings. The highest BCUT2D eigenvalue weighted by Crippen LogP contribution is 2.36. The Labute approximate surface area is 203 Å². The van der Waals surface area contributed by atoms with Crippen LogP contribution in [0.4, 0.5) is 0 Å². The van der Waals surface area contributed by atoms with Crippen LogP contribution in [0.15, 0.2) is 108 Å². The first-order valence-corrected chi connectivity index (χ1v) is 12.2. The van der Waals surface area contributed by atoms with Gasteiger partial charge in [-0.15, -0.1) is 0 Å². The van der Waals surface area contributed by atoms with Crippen molar-refractivity contribution in [2.45, 2.75) is 4.90 Å². The van der Waals surface area contributed by atoms with Gasteiger partial charge in [-0.3, -0.25) is 4.79 Å². The van der Waals surface area contributed by atoms with Crippen LogP contribution in [0.5, 0.6) is 17.2 Å². The third-order valence-corrected chi connectivity index (χ3v) is 6.77. The van der Waals surface area contributed by atoms with Crippen LogP contribution in [0.1, 0.15) is 15.9 Å². The van der Waals surface area contributed by atoms with Crippen molar-refractivity contribution < 1.29 is 26.9 Å². The van der Waals surface area contributed by atoms with E-state index in [1.807, 2.05) is 54.6 Å². The molecule has 0 unspecified atom stereocenters. The van der Waals surface area contributed by atoms with Crippen molar-refractivity contribution in [3.05, 3.63) is 114 Å². The highest BCUT2D eigenvalue weighted by atomic mass is 32.2. The Morgan fingerprint density at radius 3 is 2.11 bits per heavy atom. The number of hydrogen-bond donors (Lipinski definition) is 0. The van der Waals surface area contributed by atoms with E-state index in [9.17, 15) is 13.2 Å². The van der Waals surface area contributed by atoms with Crippen molar-refractivity contribution in [3.63, 3.8) is 0 Å². The molecule has 6 nitrogen and oxygen atoms in total. The molecule has 35 heavy (non-hydrogen) atoms. The number of Topliss-reactive ketones (excluding diaryl/α,β-unsaturated/α-hetero) is 1. The van der Waals surface area contributed by atoms with Gasteiger partial charge < -0.3 is 13.7 Å². The Morgan fingerprint density at radius 1 is 0.771 bits per heavy atom. The van der Waals surface area contributed by atoms with Gasteiger partial charge in [0.1, 0.15) is 22.1 Å². The average molecular weight is 485 g/mol. The number of benzene rings is 4. The van der Waals surface area contributed by atoms with Gasteiger partial charge in [0.05, 0.1) is 12.7 Å². The molecule has 0 fully saturated rings. The zero-order valence-electron chi connectivity index (χ0n) is 18.7. The van der Waals surface area contributed by atoms with Crippen molar-refractivity contribution in [1.29, 1.82) is 0 Å². The SMILES string of the molecule is COc1ccc(S(=O)(=O)Oc2ccc3c(c2)O/C(=C\c2ccc(-c4ccccc4)cc2)C3=O)cc1. The fourth-order valence-electron chi connectivity index (χ4n) is 3.69. The summed E-state index contributed by atoms with van der Waals surface area (Å²) in [5, 5.41) is 0. The van der Waals surface area contributed by atoms with Crippen molar-refractivity contribution >= 4 is 22.0 Å². The van der Waals surface area contributed by atoms with Crippen LogP contribution in [-0.4, -0.2) is 21.3 Å². The van der Waals surface area contributed by atoms with E-state index >= 15 is 0 Å². The minimum atomic E-state index is -4.07. The van der Waals surface area contributed by atoms with Crippen molar-refractivity contribution in [2.75, 3.05) is 7.11 Å². The summed E-state index contributed by atoms with van der Waals surface area (Å²) in [6, 6.07) is 27.9. The van der Waals surface area contributed by atoms with Crippen LogP contribution < -0.4 is 13.7 Å². The molecule has 0 radical (unpaired) electrons. The van der Waals surface area contributed by atoms with Crippen LogP contribution in [0.3, 0.4) is 0 Å². The summed E-state index contributed by atoms with van der Waals surface area (Å²) in [4.78, 5) is 12.8. The molecule has 1 aliphatic rings. The summed E-state index contributed by atoms with van der Waals surface area (Å²) in [5.41, 5.74) is 3.31. The highest BCUT2D eigenvalue weighted by Gasteiger charge is 2.28. The van der Waals surface area contributed by atoms with Gasteiger partial charge in [-0.1, -0.05) is 54.6 Å². The van der Waals surface area contributed by atoms with Gasteiger partial charge in [-0.25, -0.2) is 0 Å². The Bertz CT molecular complexity index is 1520. The lowest BCUT2D eigenvalue weighted by Crippen LogP contribution is -2.09. The summed E-state index contributed by atoms with van der Waals surface area (Å²) < 4.78 is 41.3. The lowest BCUT2D eigenvalue weighted by atomic mass is 10.0. The molecule has 0 N–H and O–H groups in total. The zero-order valence-corrected chi connectivity index (χ0v) is 19.5. The van der Waals surface area contributed by atoms with E-state index in [0.29, 0.717) is 11.3 Å². The van der Waals surface area contributed by atoms with E-state index in [0.717, 1.165) is 16.7 Å². The van der Waals surface area contributed by atoms with E-state index < -0.39 is 10.1 Å². The monoisotopic (exact) mass is 484 g/mol. The van der Waals surface area contributed by atoms with Crippen LogP contribution >= 0.6 is 0 Å². The lowest BCUT2D eigenvalue weighted by Gasteiger charge is -2.08. The first-order chi connectivity index (χ1) is 16.9. The predicted octanol–water partition coefficient (Wildman–Crippen LogP) is 5.75. The summed E-state index contributed by atoms with van der Waals surface area (Å²) >= 11 is 0. The second-order valence-electron chi connectivity index (χ2n) is 7.80. The maximum Gasteiger partial charge on any atom is 0.339 e. The van der Waals surface area contributed by atoms with Gasteiger partial charge in [0.25, 0.3) is 0 Å². The molecule has 1 heterocycles. The maximum absolute atomic E-state index is 12.8. The number of ether oxygens (including phenoxy) is 2. The van der Waals surface area contributed by atoms with E-state index in [2.05, 4.69) is 0 Å². The molecule has 1 aliphatic heterocycles. The number of carbonyl (C=O) groups excluding carboxylic acids is 1. The average Bonchev–Trinajstić information content (AvgIpc) is 3.19. The Balaban J connectivity index is 1.34. The molecular weight excluding hydrogens is 464 g/mol. The predicted molar refractivity (Wildman–Crippen MR) is 132 cm³/mol. The first kappa shape index (κ1) is 22.4. The van der Waals surface area contributed by atoms with Gasteiger partial charge in [-0.05, 0) is 59.2 Å². The molecule has 7 heteroatoms. The zero-order chi connectivity index (χ0) is 24.4. The summed E-state index contributed by atoms with van der Waals surface area (Å²) in [6.07, 6.45) is 1.66. The molecule has 0 saturated heterocycles. The van der Waals surface area contributed by atoms with E-state index in [1.165, 1.54) is 49.6 Å². The molecule has 174 valence electrons. The van der Waals surface area contributed by atoms with Crippen molar-refractivity contribution in [1.82, 2.24) is 0 Å². The van der Waals surface area contributed by atoms with Crippen molar-refractivity contribution in [2.24, 2.45) is 0 Å². The number of fused-ring (bicyclic) bond motifs is 1. The van der Waals surface area contributed by atoms with Gasteiger partial charge in [0.2, 0.25) is 5.78 Å². The molecule has 0 spiro atoms. The number of hydrogen-bond acceptors (Lipinski definition) is 6. The number of carbonyl (C=O) groups is 1. The van der Waals surface area contributed by atoms with Crippen LogP contribution in [0.25, 0.3) is 17.2 Å². The number of allylic oxidation sites excluding steroid dienone is 1. The molecule has 0 bridgehead atoms. The third kappa shape index (κ3) is 4.67. The topological polar surface area (TPSA) is 78.9 Å². The maximum atomic E-state index is 12.8. The van der Waals surface area contributed by atoms with E-state index in [4.69, 9.17) is 13.7 Å². The molecule has 4 aromatic carbocycles. The molecule has 0 amide bonds. The Kier molecular flexibility index (Phi) is 5.84. The molecule has 0 atom stereocenters. The highest BCUT2D eigenvalue weighted by molar-refractivity contribution is 7.87. The smallest absolute Gasteiger partial charge is 0.339 e. The largest absolute Gasteiger partial charge is 0.497 e. The summed E-state index contributed by atoms with van der Waals surface area (Å²) in [6.45, 7) is 0. The molecule has 0 aliphatic carbocycles. The lowest BCUT2D eigenvalue weighted by molar-refractivity contribution is 0.101. The van der Waals surface area contributed by atoms with Gasteiger partial charge in [0.15, 0.2) is 5.76 Å². The fraction of sp³-hybridized carbons (Fsp3) is 0.0357. The van der Waals surface area contributed by atoms with Crippen LogP contribution in [-0.2, 0) is 10.1 Å². The fourth-order valence-corrected chi connectivity index (χ4v) is 4.61. The first-order valence-electron chi connectivity index (χ1n) is 10.8. The van der Waals surface area contributed by atoms with Gasteiger partial charge >= 0.3 is 10.1 Å². The summed E-state index contributed by atoms with van der Waals surface area (Å²) in [7, 11) is -2.57. The Morgan fingerprint density at radius 2 is 1.43 bits per heavy atom. The molecule has 5 rings (SSSR count). The molecule has 0 saturated carbocycles. The van der Waals surface area contributed by atoms with Crippen LogP contribution in [0.2, 0.25) is 0 Å². The minimum Gasteiger partial charge on any atom is -0.497 e. The molecular formula is C28H20O6S. The Hall–Kier alpha value is -4.36. The second kappa shape index (κ2) is 9.12. The van der Waals surface area contributed by atoms with Crippen LogP contribution in [0, 0.1) is 0 Å². The van der Waals surface area contributed by atoms with Crippen molar-refractivity contribution in [3.8, 4) is 28.4 Å². The van der Waals surface area contributed by atoms with Gasteiger partial charge in [-0.2, -0.15) is 8.42 Å².